The Balaban J connectivity index is 0.000000243. The first-order valence-electron chi connectivity index (χ1n) is 11.2. The standard InChI is InChI=1S/C20H14N4O.C9H10O/c25-20-17(14-4-2-1-3-5-14)18(15-6-10-21-11-7-15)23-19(24-20)16-8-12-22-13-9-16;1-8(10)7-9-5-3-2-4-6-9/h1-13H,(H,23,24,25);2-6H,7H2,1H3. The number of benzene rings is 2. The minimum atomic E-state index is -0.181. The minimum absolute atomic E-state index is 0.181. The Labute approximate surface area is 203 Å². The van der Waals surface area contributed by atoms with Crippen LogP contribution in [-0.4, -0.2) is 25.7 Å². The molecule has 0 atom stereocenters. The van der Waals surface area contributed by atoms with Gasteiger partial charge in [0, 0.05) is 42.3 Å². The maximum Gasteiger partial charge on any atom is 0.259 e. The van der Waals surface area contributed by atoms with Gasteiger partial charge < -0.3 is 4.98 Å². The number of aromatic nitrogens is 4. The van der Waals surface area contributed by atoms with Gasteiger partial charge >= 0.3 is 0 Å². The molecule has 5 rings (SSSR count). The van der Waals surface area contributed by atoms with Gasteiger partial charge in [-0.05, 0) is 42.3 Å². The van der Waals surface area contributed by atoms with Crippen molar-refractivity contribution in [1.82, 2.24) is 19.9 Å². The third kappa shape index (κ3) is 6.21. The summed E-state index contributed by atoms with van der Waals surface area (Å²) in [6.07, 6.45) is 7.29. The number of carbonyl (C=O) groups excluding carboxylic acids is 1. The highest BCUT2D eigenvalue weighted by Gasteiger charge is 2.16. The zero-order chi connectivity index (χ0) is 24.5. The highest BCUT2D eigenvalue weighted by Crippen LogP contribution is 2.28. The molecule has 0 fully saturated rings. The third-order valence-corrected chi connectivity index (χ3v) is 5.19. The van der Waals surface area contributed by atoms with Crippen LogP contribution >= 0.6 is 0 Å². The fourth-order valence-electron chi connectivity index (χ4n) is 3.59. The molecule has 0 amide bonds. The summed E-state index contributed by atoms with van der Waals surface area (Å²) >= 11 is 0. The van der Waals surface area contributed by atoms with Crippen molar-refractivity contribution < 1.29 is 4.79 Å². The lowest BCUT2D eigenvalue weighted by molar-refractivity contribution is -0.116. The van der Waals surface area contributed by atoms with Crippen molar-refractivity contribution >= 4 is 5.78 Å². The van der Waals surface area contributed by atoms with Crippen LogP contribution in [0.2, 0.25) is 0 Å². The van der Waals surface area contributed by atoms with Crippen LogP contribution in [0.1, 0.15) is 12.5 Å². The lowest BCUT2D eigenvalue weighted by Crippen LogP contribution is -2.14. The molecular formula is C29H24N4O2. The van der Waals surface area contributed by atoms with Crippen LogP contribution in [0.4, 0.5) is 0 Å². The number of nitrogens with one attached hydrogen (secondary N) is 1. The Bertz CT molecular complexity index is 1440. The molecule has 0 saturated heterocycles. The molecule has 6 nitrogen and oxygen atoms in total. The molecule has 0 aliphatic carbocycles. The first kappa shape index (κ1) is 23.4. The van der Waals surface area contributed by atoms with Crippen molar-refractivity contribution in [3.05, 3.63) is 126 Å². The van der Waals surface area contributed by atoms with Crippen molar-refractivity contribution in [2.24, 2.45) is 0 Å². The first-order chi connectivity index (χ1) is 17.1. The van der Waals surface area contributed by atoms with Gasteiger partial charge in [-0.15, -0.1) is 0 Å². The van der Waals surface area contributed by atoms with Gasteiger partial charge in [0.15, 0.2) is 0 Å². The number of ketones is 1. The van der Waals surface area contributed by atoms with Crippen LogP contribution in [0.3, 0.4) is 0 Å². The summed E-state index contributed by atoms with van der Waals surface area (Å²) in [4.78, 5) is 39.2. The smallest absolute Gasteiger partial charge is 0.259 e. The van der Waals surface area contributed by atoms with Crippen LogP contribution in [0, 0.1) is 0 Å². The summed E-state index contributed by atoms with van der Waals surface area (Å²) in [5.74, 6) is 0.727. The van der Waals surface area contributed by atoms with Crippen molar-refractivity contribution in [2.45, 2.75) is 13.3 Å². The van der Waals surface area contributed by atoms with Crippen molar-refractivity contribution in [3.8, 4) is 33.8 Å². The van der Waals surface area contributed by atoms with Crippen LogP contribution in [0.15, 0.2) is 115 Å². The minimum Gasteiger partial charge on any atom is -0.306 e. The van der Waals surface area contributed by atoms with Crippen LogP contribution < -0.4 is 5.56 Å². The van der Waals surface area contributed by atoms with Crippen LogP contribution in [0.5, 0.6) is 0 Å². The monoisotopic (exact) mass is 460 g/mol. The second kappa shape index (κ2) is 11.4. The average Bonchev–Trinajstić information content (AvgIpc) is 2.90. The summed E-state index contributed by atoms with van der Waals surface area (Å²) in [6, 6.07) is 26.6. The molecule has 3 aromatic heterocycles. The Kier molecular flexibility index (Phi) is 7.66. The van der Waals surface area contributed by atoms with Crippen LogP contribution in [-0.2, 0) is 11.2 Å². The van der Waals surface area contributed by atoms with Gasteiger partial charge in [-0.1, -0.05) is 60.7 Å². The van der Waals surface area contributed by atoms with E-state index in [1.165, 1.54) is 0 Å². The number of hydrogen-bond acceptors (Lipinski definition) is 5. The highest BCUT2D eigenvalue weighted by atomic mass is 16.1. The number of Topliss-reactive ketones (excluding diaryl/α,β-unsaturated/α-hetero) is 1. The molecule has 1 N–H and O–H groups in total. The van der Waals surface area contributed by atoms with E-state index in [2.05, 4.69) is 15.0 Å². The average molecular weight is 461 g/mol. The summed E-state index contributed by atoms with van der Waals surface area (Å²) in [5, 5.41) is 0. The van der Waals surface area contributed by atoms with Crippen molar-refractivity contribution in [3.63, 3.8) is 0 Å². The Hall–Kier alpha value is -4.71. The fraction of sp³-hybridized carbons (Fsp3) is 0.0690. The van der Waals surface area contributed by atoms with Crippen molar-refractivity contribution in [2.75, 3.05) is 0 Å². The molecule has 3 heterocycles. The quantitative estimate of drug-likeness (QED) is 0.380. The lowest BCUT2D eigenvalue weighted by Gasteiger charge is -2.11. The highest BCUT2D eigenvalue weighted by molar-refractivity contribution is 5.81. The zero-order valence-corrected chi connectivity index (χ0v) is 19.3. The molecule has 6 heteroatoms. The van der Waals surface area contributed by atoms with Gasteiger partial charge in [-0.25, -0.2) is 4.98 Å². The predicted octanol–water partition coefficient (Wildman–Crippen LogP) is 5.38. The molecule has 0 saturated carbocycles. The molecule has 0 radical (unpaired) electrons. The van der Waals surface area contributed by atoms with E-state index < -0.39 is 0 Å². The van der Waals surface area contributed by atoms with E-state index in [0.29, 0.717) is 23.5 Å². The molecule has 172 valence electrons. The van der Waals surface area contributed by atoms with E-state index >= 15 is 0 Å². The Morgan fingerprint density at radius 1 is 0.714 bits per heavy atom. The summed E-state index contributed by atoms with van der Waals surface area (Å²) in [6.45, 7) is 1.60. The van der Waals surface area contributed by atoms with E-state index in [4.69, 9.17) is 4.98 Å². The predicted molar refractivity (Wildman–Crippen MR) is 138 cm³/mol. The molecule has 2 aromatic carbocycles. The van der Waals surface area contributed by atoms with E-state index in [-0.39, 0.29) is 11.3 Å². The second-order valence-corrected chi connectivity index (χ2v) is 7.84. The zero-order valence-electron chi connectivity index (χ0n) is 19.3. The molecule has 0 spiro atoms. The molecule has 35 heavy (non-hydrogen) atoms. The van der Waals surface area contributed by atoms with E-state index in [9.17, 15) is 9.59 Å². The fourth-order valence-corrected chi connectivity index (χ4v) is 3.59. The molecule has 0 aliphatic rings. The van der Waals surface area contributed by atoms with Gasteiger partial charge in [-0.3, -0.25) is 19.6 Å². The maximum atomic E-state index is 12.9. The normalized spacial score (nSPS) is 10.2. The number of H-pyrrole nitrogens is 1. The second-order valence-electron chi connectivity index (χ2n) is 7.84. The largest absolute Gasteiger partial charge is 0.306 e. The third-order valence-electron chi connectivity index (χ3n) is 5.19. The number of hydrogen-bond donors (Lipinski definition) is 1. The lowest BCUT2D eigenvalue weighted by atomic mass is 10.0. The van der Waals surface area contributed by atoms with Gasteiger partial charge in [0.1, 0.15) is 11.6 Å². The number of pyridine rings is 2. The topological polar surface area (TPSA) is 88.6 Å². The van der Waals surface area contributed by atoms with E-state index in [1.54, 1.807) is 31.7 Å². The number of nitrogens with zero attached hydrogens (tertiary/aromatic N) is 3. The maximum absolute atomic E-state index is 12.9. The van der Waals surface area contributed by atoms with Gasteiger partial charge in [-0.2, -0.15) is 0 Å². The molecular weight excluding hydrogens is 436 g/mol. The Morgan fingerprint density at radius 2 is 1.26 bits per heavy atom. The number of carbonyl (C=O) groups is 1. The van der Waals surface area contributed by atoms with Gasteiger partial charge in [0.2, 0.25) is 0 Å². The number of aromatic amines is 1. The summed E-state index contributed by atoms with van der Waals surface area (Å²) < 4.78 is 0. The SMILES string of the molecule is CC(=O)Cc1ccccc1.O=c1[nH]c(-c2ccncc2)nc(-c2ccncc2)c1-c1ccccc1. The first-order valence-corrected chi connectivity index (χ1v) is 11.2. The Morgan fingerprint density at radius 3 is 1.83 bits per heavy atom. The summed E-state index contributed by atoms with van der Waals surface area (Å²) in [7, 11) is 0. The van der Waals surface area contributed by atoms with Crippen LogP contribution in [0.25, 0.3) is 33.8 Å². The molecule has 0 unspecified atom stereocenters. The van der Waals surface area contributed by atoms with Crippen molar-refractivity contribution in [1.29, 1.82) is 0 Å². The molecule has 5 aromatic rings. The van der Waals surface area contributed by atoms with E-state index in [1.807, 2.05) is 84.9 Å². The van der Waals surface area contributed by atoms with E-state index in [0.717, 1.165) is 22.3 Å². The molecule has 0 aliphatic heterocycles. The number of rotatable bonds is 5. The van der Waals surface area contributed by atoms with Gasteiger partial charge in [0.25, 0.3) is 5.56 Å². The summed E-state index contributed by atoms with van der Waals surface area (Å²) in [5.41, 5.74) is 4.56. The van der Waals surface area contributed by atoms with Gasteiger partial charge in [0.05, 0.1) is 11.3 Å². The molecule has 0 bridgehead atoms.